The summed E-state index contributed by atoms with van der Waals surface area (Å²) >= 11 is 0. The van der Waals surface area contributed by atoms with Gasteiger partial charge in [-0.3, -0.25) is 4.79 Å². The maximum Gasteiger partial charge on any atom is 0.271 e. The summed E-state index contributed by atoms with van der Waals surface area (Å²) < 4.78 is 7.67. The number of methoxy groups -OCH3 is 1. The maximum atomic E-state index is 12.5. The van der Waals surface area contributed by atoms with Gasteiger partial charge in [-0.1, -0.05) is 12.1 Å². The van der Waals surface area contributed by atoms with Crippen LogP contribution in [0.15, 0.2) is 18.3 Å². The number of rotatable bonds is 6. The van der Waals surface area contributed by atoms with Crippen LogP contribution in [-0.2, 0) is 13.0 Å². The zero-order chi connectivity index (χ0) is 20.4. The van der Waals surface area contributed by atoms with Gasteiger partial charge >= 0.3 is 0 Å². The molecule has 1 aromatic carbocycles. The Bertz CT molecular complexity index is 860. The standard InChI is InChI=1S/C23H32N4O2/c1-16-12-19(13-17(2)22(16)29-3)18-6-7-21-25-20(15-27(21)14-18)23(28)24-8-11-26-9-4-5-10-26/h12-13,15,18H,4-11,14H2,1-3H3,(H,24,28)/t18-/m0/s1. The van der Waals surface area contributed by atoms with Gasteiger partial charge in [-0.15, -0.1) is 0 Å². The van der Waals surface area contributed by atoms with Gasteiger partial charge in [-0.2, -0.15) is 0 Å². The van der Waals surface area contributed by atoms with E-state index in [2.05, 4.69) is 45.7 Å². The molecule has 156 valence electrons. The third-order valence-corrected chi connectivity index (χ3v) is 6.30. The molecule has 0 unspecified atom stereocenters. The fourth-order valence-electron chi connectivity index (χ4n) is 4.79. The quantitative estimate of drug-likeness (QED) is 0.815. The van der Waals surface area contributed by atoms with E-state index < -0.39 is 0 Å². The second kappa shape index (κ2) is 8.57. The van der Waals surface area contributed by atoms with Crippen LogP contribution in [0.2, 0.25) is 0 Å². The lowest BCUT2D eigenvalue weighted by molar-refractivity contribution is 0.0945. The highest BCUT2D eigenvalue weighted by atomic mass is 16.5. The molecule has 1 saturated heterocycles. The number of likely N-dealkylation sites (tertiary alicyclic amines) is 1. The number of carbonyl (C=O) groups is 1. The van der Waals surface area contributed by atoms with E-state index >= 15 is 0 Å². The zero-order valence-electron chi connectivity index (χ0n) is 17.8. The molecule has 6 heteroatoms. The summed E-state index contributed by atoms with van der Waals surface area (Å²) in [5.74, 6) is 2.37. The SMILES string of the molecule is COc1c(C)cc([C@H]2CCc3nc(C(=O)NCCN4CCCC4)cn3C2)cc1C. The number of hydrogen-bond donors (Lipinski definition) is 1. The number of imidazole rings is 1. The van der Waals surface area contributed by atoms with Gasteiger partial charge in [0.25, 0.3) is 5.91 Å². The molecule has 29 heavy (non-hydrogen) atoms. The Morgan fingerprint density at radius 3 is 2.66 bits per heavy atom. The molecule has 0 aliphatic carbocycles. The van der Waals surface area contributed by atoms with Gasteiger partial charge in [0.1, 0.15) is 17.3 Å². The highest BCUT2D eigenvalue weighted by molar-refractivity contribution is 5.92. The van der Waals surface area contributed by atoms with Crippen molar-refractivity contribution in [2.24, 2.45) is 0 Å². The average Bonchev–Trinajstić information content (AvgIpc) is 3.36. The van der Waals surface area contributed by atoms with Crippen molar-refractivity contribution in [2.75, 3.05) is 33.3 Å². The molecule has 1 atom stereocenters. The molecule has 0 radical (unpaired) electrons. The molecule has 1 amide bonds. The van der Waals surface area contributed by atoms with E-state index in [9.17, 15) is 4.79 Å². The lowest BCUT2D eigenvalue weighted by Gasteiger charge is -2.25. The molecule has 1 fully saturated rings. The van der Waals surface area contributed by atoms with Crippen LogP contribution in [0.1, 0.15) is 58.2 Å². The summed E-state index contributed by atoms with van der Waals surface area (Å²) in [4.78, 5) is 19.5. The van der Waals surface area contributed by atoms with Crippen LogP contribution >= 0.6 is 0 Å². The normalized spacial score (nSPS) is 19.2. The maximum absolute atomic E-state index is 12.5. The van der Waals surface area contributed by atoms with E-state index in [0.717, 1.165) is 50.6 Å². The second-order valence-corrected chi connectivity index (χ2v) is 8.42. The number of amides is 1. The summed E-state index contributed by atoms with van der Waals surface area (Å²) in [6.07, 6.45) is 6.43. The summed E-state index contributed by atoms with van der Waals surface area (Å²) in [7, 11) is 1.73. The monoisotopic (exact) mass is 396 g/mol. The first-order chi connectivity index (χ1) is 14.0. The predicted octanol–water partition coefficient (Wildman–Crippen LogP) is 3.06. The molecular formula is C23H32N4O2. The van der Waals surface area contributed by atoms with Crippen molar-refractivity contribution < 1.29 is 9.53 Å². The molecule has 2 aliphatic rings. The minimum atomic E-state index is -0.0567. The summed E-state index contributed by atoms with van der Waals surface area (Å²) in [5.41, 5.74) is 4.25. The molecule has 3 heterocycles. The summed E-state index contributed by atoms with van der Waals surface area (Å²) in [5, 5.41) is 3.04. The van der Waals surface area contributed by atoms with Gasteiger partial charge in [0, 0.05) is 38.2 Å². The largest absolute Gasteiger partial charge is 0.496 e. The van der Waals surface area contributed by atoms with Crippen molar-refractivity contribution in [3.63, 3.8) is 0 Å². The first-order valence-electron chi connectivity index (χ1n) is 10.8. The van der Waals surface area contributed by atoms with Gasteiger partial charge in [0.15, 0.2) is 0 Å². The van der Waals surface area contributed by atoms with E-state index in [1.807, 2.05) is 6.20 Å². The Morgan fingerprint density at radius 1 is 1.24 bits per heavy atom. The fourth-order valence-corrected chi connectivity index (χ4v) is 4.79. The van der Waals surface area contributed by atoms with Crippen LogP contribution in [0, 0.1) is 13.8 Å². The smallest absolute Gasteiger partial charge is 0.271 e. The second-order valence-electron chi connectivity index (χ2n) is 8.42. The number of aryl methyl sites for hydroxylation is 3. The van der Waals surface area contributed by atoms with Crippen molar-refractivity contribution in [2.45, 2.75) is 52.0 Å². The minimum absolute atomic E-state index is 0.0567. The van der Waals surface area contributed by atoms with Crippen LogP contribution in [0.25, 0.3) is 0 Å². The number of hydrogen-bond acceptors (Lipinski definition) is 4. The zero-order valence-corrected chi connectivity index (χ0v) is 17.8. The topological polar surface area (TPSA) is 59.4 Å². The number of carbonyl (C=O) groups excluding carboxylic acids is 1. The van der Waals surface area contributed by atoms with Crippen LogP contribution in [0.4, 0.5) is 0 Å². The lowest BCUT2D eigenvalue weighted by Crippen LogP contribution is -2.33. The molecule has 1 aromatic heterocycles. The van der Waals surface area contributed by atoms with E-state index in [1.54, 1.807) is 7.11 Å². The van der Waals surface area contributed by atoms with Crippen LogP contribution in [0.5, 0.6) is 5.75 Å². The summed E-state index contributed by atoms with van der Waals surface area (Å²) in [6, 6.07) is 4.48. The highest BCUT2D eigenvalue weighted by Gasteiger charge is 2.24. The number of benzene rings is 1. The Morgan fingerprint density at radius 2 is 1.97 bits per heavy atom. The number of fused-ring (bicyclic) bond motifs is 1. The number of nitrogens with one attached hydrogen (secondary N) is 1. The van der Waals surface area contributed by atoms with Gasteiger partial charge < -0.3 is 19.5 Å². The Balaban J connectivity index is 1.40. The van der Waals surface area contributed by atoms with Gasteiger partial charge in [-0.05, 0) is 62.9 Å². The number of nitrogens with zero attached hydrogens (tertiary/aromatic N) is 3. The van der Waals surface area contributed by atoms with Crippen molar-refractivity contribution in [1.29, 1.82) is 0 Å². The molecule has 2 aromatic rings. The first kappa shape index (κ1) is 20.0. The lowest BCUT2D eigenvalue weighted by atomic mass is 9.89. The Labute approximate surface area is 173 Å². The molecule has 0 spiro atoms. The van der Waals surface area contributed by atoms with E-state index in [1.165, 1.54) is 29.5 Å². The van der Waals surface area contributed by atoms with Crippen molar-refractivity contribution in [3.8, 4) is 5.75 Å². The van der Waals surface area contributed by atoms with E-state index in [-0.39, 0.29) is 5.91 Å². The van der Waals surface area contributed by atoms with Crippen molar-refractivity contribution in [1.82, 2.24) is 19.8 Å². The van der Waals surface area contributed by atoms with Gasteiger partial charge in [-0.25, -0.2) is 4.98 Å². The molecule has 0 saturated carbocycles. The van der Waals surface area contributed by atoms with Crippen molar-refractivity contribution in [3.05, 3.63) is 46.5 Å². The Kier molecular flexibility index (Phi) is 5.90. The first-order valence-corrected chi connectivity index (χ1v) is 10.8. The third kappa shape index (κ3) is 4.32. The third-order valence-electron chi connectivity index (χ3n) is 6.30. The van der Waals surface area contributed by atoms with E-state index in [4.69, 9.17) is 4.74 Å². The van der Waals surface area contributed by atoms with E-state index in [0.29, 0.717) is 18.2 Å². The molecule has 1 N–H and O–H groups in total. The predicted molar refractivity (Wildman–Crippen MR) is 114 cm³/mol. The average molecular weight is 397 g/mol. The van der Waals surface area contributed by atoms with Crippen molar-refractivity contribution >= 4 is 5.91 Å². The highest BCUT2D eigenvalue weighted by Crippen LogP contribution is 2.33. The number of aromatic nitrogens is 2. The molecular weight excluding hydrogens is 364 g/mol. The van der Waals surface area contributed by atoms with Gasteiger partial charge in [0.2, 0.25) is 0 Å². The molecule has 6 nitrogen and oxygen atoms in total. The summed E-state index contributed by atoms with van der Waals surface area (Å²) in [6.45, 7) is 9.00. The minimum Gasteiger partial charge on any atom is -0.496 e. The molecule has 2 aliphatic heterocycles. The van der Waals surface area contributed by atoms with Gasteiger partial charge in [0.05, 0.1) is 7.11 Å². The number of ether oxygens (including phenoxy) is 1. The molecule has 0 bridgehead atoms. The van der Waals surface area contributed by atoms with Crippen LogP contribution < -0.4 is 10.1 Å². The molecule has 4 rings (SSSR count). The Hall–Kier alpha value is -2.34. The van der Waals surface area contributed by atoms with Crippen LogP contribution in [-0.4, -0.2) is 53.6 Å². The van der Waals surface area contributed by atoms with Crippen LogP contribution in [0.3, 0.4) is 0 Å². The fraction of sp³-hybridized carbons (Fsp3) is 0.565.